The number of H-pyrrole nitrogens is 1. The van der Waals surface area contributed by atoms with Gasteiger partial charge in [0.15, 0.2) is 17.3 Å². The summed E-state index contributed by atoms with van der Waals surface area (Å²) in [6, 6.07) is 15.0. The summed E-state index contributed by atoms with van der Waals surface area (Å²) in [4.78, 5) is 0. The minimum Gasteiger partial charge on any atom is -0.493 e. The van der Waals surface area contributed by atoms with Crippen LogP contribution in [0.25, 0.3) is 0 Å². The Morgan fingerprint density at radius 1 is 1.12 bits per heavy atom. The molecule has 0 aliphatic rings. The van der Waals surface area contributed by atoms with Crippen LogP contribution in [0.5, 0.6) is 17.2 Å². The van der Waals surface area contributed by atoms with Crippen molar-refractivity contribution in [3.8, 4) is 17.2 Å². The fraction of sp³-hybridized carbons (Fsp3) is 0.167. The first-order valence-electron chi connectivity index (χ1n) is 7.82. The van der Waals surface area contributed by atoms with Gasteiger partial charge in [0.05, 0.1) is 20.4 Å². The van der Waals surface area contributed by atoms with Gasteiger partial charge in [-0.05, 0) is 48.1 Å². The fourth-order valence-corrected chi connectivity index (χ4v) is 2.46. The van der Waals surface area contributed by atoms with Crippen molar-refractivity contribution in [2.24, 2.45) is 5.10 Å². The van der Waals surface area contributed by atoms with E-state index < -0.39 is 0 Å². The molecule has 0 saturated heterocycles. The van der Waals surface area contributed by atoms with E-state index in [0.29, 0.717) is 22.1 Å². The van der Waals surface area contributed by atoms with Crippen molar-refractivity contribution >= 4 is 18.4 Å². The Kier molecular flexibility index (Phi) is 5.65. The van der Waals surface area contributed by atoms with Gasteiger partial charge in [-0.25, -0.2) is 5.10 Å². The van der Waals surface area contributed by atoms with Gasteiger partial charge in [0, 0.05) is 0 Å². The standard InChI is InChI=1S/C18H18N4O3S/c1-23-15-9-8-13(10-16(15)24-2)11-19-22-17(20-21-18(22)26)12-25-14-6-4-3-5-7-14/h3-11H,12H2,1-2H3,(H,21,26)/b19-11-. The highest BCUT2D eigenvalue weighted by Crippen LogP contribution is 2.26. The molecule has 26 heavy (non-hydrogen) atoms. The van der Waals surface area contributed by atoms with Crippen molar-refractivity contribution in [2.75, 3.05) is 14.2 Å². The smallest absolute Gasteiger partial charge is 0.216 e. The third-order valence-corrected chi connectivity index (χ3v) is 3.82. The van der Waals surface area contributed by atoms with E-state index in [0.717, 1.165) is 11.3 Å². The molecule has 0 amide bonds. The van der Waals surface area contributed by atoms with Gasteiger partial charge in [-0.1, -0.05) is 18.2 Å². The zero-order chi connectivity index (χ0) is 18.4. The number of para-hydroxylation sites is 1. The molecule has 134 valence electrons. The maximum Gasteiger partial charge on any atom is 0.216 e. The molecule has 0 aliphatic carbocycles. The van der Waals surface area contributed by atoms with Gasteiger partial charge in [0.25, 0.3) is 0 Å². The second-order valence-corrected chi connectivity index (χ2v) is 5.60. The van der Waals surface area contributed by atoms with Gasteiger partial charge >= 0.3 is 0 Å². The van der Waals surface area contributed by atoms with Crippen molar-refractivity contribution in [2.45, 2.75) is 6.61 Å². The zero-order valence-corrected chi connectivity index (χ0v) is 15.2. The van der Waals surface area contributed by atoms with E-state index in [2.05, 4.69) is 15.3 Å². The van der Waals surface area contributed by atoms with Crippen LogP contribution < -0.4 is 14.2 Å². The summed E-state index contributed by atoms with van der Waals surface area (Å²) in [5.41, 5.74) is 0.834. The van der Waals surface area contributed by atoms with E-state index in [9.17, 15) is 0 Å². The molecule has 0 saturated carbocycles. The van der Waals surface area contributed by atoms with Crippen LogP contribution in [-0.2, 0) is 6.61 Å². The number of aromatic amines is 1. The van der Waals surface area contributed by atoms with Crippen LogP contribution >= 0.6 is 12.2 Å². The number of methoxy groups -OCH3 is 2. The van der Waals surface area contributed by atoms with Crippen molar-refractivity contribution < 1.29 is 14.2 Å². The lowest BCUT2D eigenvalue weighted by molar-refractivity contribution is 0.290. The van der Waals surface area contributed by atoms with Crippen LogP contribution in [0.15, 0.2) is 53.6 Å². The molecule has 3 rings (SSSR count). The molecule has 2 aromatic carbocycles. The summed E-state index contributed by atoms with van der Waals surface area (Å²) >= 11 is 5.24. The van der Waals surface area contributed by atoms with Gasteiger partial charge in [-0.3, -0.25) is 0 Å². The van der Waals surface area contributed by atoms with Gasteiger partial charge in [0.1, 0.15) is 12.4 Å². The van der Waals surface area contributed by atoms with Crippen LogP contribution in [0.4, 0.5) is 0 Å². The van der Waals surface area contributed by atoms with Crippen LogP contribution in [-0.4, -0.2) is 35.3 Å². The Balaban J connectivity index is 1.78. The lowest BCUT2D eigenvalue weighted by atomic mass is 10.2. The van der Waals surface area contributed by atoms with Crippen molar-refractivity contribution in [1.29, 1.82) is 0 Å². The largest absolute Gasteiger partial charge is 0.493 e. The summed E-state index contributed by atoms with van der Waals surface area (Å²) in [6.45, 7) is 0.237. The number of ether oxygens (including phenoxy) is 3. The molecule has 8 heteroatoms. The van der Waals surface area contributed by atoms with E-state index >= 15 is 0 Å². The maximum atomic E-state index is 5.70. The highest BCUT2D eigenvalue weighted by atomic mass is 32.1. The number of rotatable bonds is 7. The minimum atomic E-state index is 0.237. The van der Waals surface area contributed by atoms with E-state index in [1.165, 1.54) is 4.68 Å². The van der Waals surface area contributed by atoms with Crippen LogP contribution in [0, 0.1) is 4.77 Å². The Morgan fingerprint density at radius 3 is 2.62 bits per heavy atom. The quantitative estimate of drug-likeness (QED) is 0.510. The van der Waals surface area contributed by atoms with Crippen molar-refractivity contribution in [1.82, 2.24) is 14.9 Å². The Hall–Kier alpha value is -3.13. The monoisotopic (exact) mass is 370 g/mol. The van der Waals surface area contributed by atoms with Crippen molar-refractivity contribution in [3.63, 3.8) is 0 Å². The molecule has 0 atom stereocenters. The molecule has 0 spiro atoms. The van der Waals surface area contributed by atoms with Crippen LogP contribution in [0.1, 0.15) is 11.4 Å². The molecule has 0 radical (unpaired) electrons. The summed E-state index contributed by atoms with van der Waals surface area (Å²) in [5, 5.41) is 11.3. The average Bonchev–Trinajstić information content (AvgIpc) is 3.04. The number of hydrogen-bond donors (Lipinski definition) is 1. The topological polar surface area (TPSA) is 73.7 Å². The molecular weight excluding hydrogens is 352 g/mol. The minimum absolute atomic E-state index is 0.237. The normalized spacial score (nSPS) is 10.8. The molecule has 0 fully saturated rings. The summed E-state index contributed by atoms with van der Waals surface area (Å²) in [6.07, 6.45) is 1.67. The Morgan fingerprint density at radius 2 is 1.88 bits per heavy atom. The van der Waals surface area contributed by atoms with Gasteiger partial charge in [-0.2, -0.15) is 14.9 Å². The number of benzene rings is 2. The fourth-order valence-electron chi connectivity index (χ4n) is 2.26. The number of aromatic nitrogens is 3. The summed E-state index contributed by atoms with van der Waals surface area (Å²) in [7, 11) is 3.18. The molecule has 0 unspecified atom stereocenters. The van der Waals surface area contributed by atoms with E-state index in [1.807, 2.05) is 48.5 Å². The van der Waals surface area contributed by atoms with E-state index in [4.69, 9.17) is 26.4 Å². The number of hydrogen-bond acceptors (Lipinski definition) is 6. The first kappa shape index (κ1) is 17.7. The van der Waals surface area contributed by atoms with Gasteiger partial charge in [0.2, 0.25) is 4.77 Å². The van der Waals surface area contributed by atoms with Crippen LogP contribution in [0.2, 0.25) is 0 Å². The predicted molar refractivity (Wildman–Crippen MR) is 101 cm³/mol. The SMILES string of the molecule is COc1ccc(/C=N\n2c(COc3ccccc3)n[nH]c2=S)cc1OC. The maximum absolute atomic E-state index is 5.70. The summed E-state index contributed by atoms with van der Waals surface area (Å²) < 4.78 is 18.1. The first-order chi connectivity index (χ1) is 12.7. The zero-order valence-electron chi connectivity index (χ0n) is 14.4. The molecular formula is C18H18N4O3S. The predicted octanol–water partition coefficient (Wildman–Crippen LogP) is 3.42. The first-order valence-corrected chi connectivity index (χ1v) is 8.22. The molecule has 1 heterocycles. The Bertz CT molecular complexity index is 951. The number of nitrogens with one attached hydrogen (secondary N) is 1. The van der Waals surface area contributed by atoms with Gasteiger partial charge < -0.3 is 14.2 Å². The second kappa shape index (κ2) is 8.30. The lowest BCUT2D eigenvalue weighted by Gasteiger charge is -2.07. The molecule has 3 aromatic rings. The van der Waals surface area contributed by atoms with E-state index in [-0.39, 0.29) is 6.61 Å². The Labute approximate surface area is 155 Å². The lowest BCUT2D eigenvalue weighted by Crippen LogP contribution is -2.04. The van der Waals surface area contributed by atoms with Crippen LogP contribution in [0.3, 0.4) is 0 Å². The molecule has 1 aromatic heterocycles. The highest BCUT2D eigenvalue weighted by molar-refractivity contribution is 7.71. The second-order valence-electron chi connectivity index (χ2n) is 5.22. The molecule has 0 bridgehead atoms. The number of nitrogens with zero attached hydrogens (tertiary/aromatic N) is 3. The summed E-state index contributed by atoms with van der Waals surface area (Å²) in [5.74, 6) is 2.59. The molecule has 0 aliphatic heterocycles. The van der Waals surface area contributed by atoms with Crippen molar-refractivity contribution in [3.05, 3.63) is 64.7 Å². The third-order valence-electron chi connectivity index (χ3n) is 3.56. The van der Waals surface area contributed by atoms with Gasteiger partial charge in [-0.15, -0.1) is 0 Å². The van der Waals surface area contributed by atoms with E-state index in [1.54, 1.807) is 20.4 Å². The molecule has 1 N–H and O–H groups in total. The molecule has 7 nitrogen and oxygen atoms in total. The third kappa shape index (κ3) is 4.09. The highest BCUT2D eigenvalue weighted by Gasteiger charge is 2.07. The average molecular weight is 370 g/mol.